The van der Waals surface area contributed by atoms with Crippen molar-refractivity contribution in [2.75, 3.05) is 27.4 Å². The molecule has 1 heterocycles. The third kappa shape index (κ3) is 3.96. The zero-order valence-corrected chi connectivity index (χ0v) is 16.2. The zero-order chi connectivity index (χ0) is 21.0. The van der Waals surface area contributed by atoms with Gasteiger partial charge in [0, 0.05) is 5.56 Å². The van der Waals surface area contributed by atoms with Crippen molar-refractivity contribution >= 4 is 16.9 Å². The second kappa shape index (κ2) is 8.55. The van der Waals surface area contributed by atoms with E-state index in [-0.39, 0.29) is 47.2 Å². The van der Waals surface area contributed by atoms with E-state index in [0.29, 0.717) is 11.3 Å². The summed E-state index contributed by atoms with van der Waals surface area (Å²) in [6.45, 7) is 1.64. The van der Waals surface area contributed by atoms with Crippen molar-refractivity contribution in [3.8, 4) is 34.3 Å². The van der Waals surface area contributed by atoms with E-state index in [9.17, 15) is 14.7 Å². The molecule has 0 amide bonds. The number of phenols is 1. The molecule has 0 atom stereocenters. The Morgan fingerprint density at radius 2 is 1.90 bits per heavy atom. The maximum Gasteiger partial charge on any atom is 0.344 e. The van der Waals surface area contributed by atoms with Gasteiger partial charge in [0.1, 0.15) is 16.7 Å². The molecule has 0 bridgehead atoms. The smallest absolute Gasteiger partial charge is 0.344 e. The minimum Gasteiger partial charge on any atom is -0.507 e. The van der Waals surface area contributed by atoms with Crippen molar-refractivity contribution in [2.24, 2.45) is 0 Å². The highest BCUT2D eigenvalue weighted by Crippen LogP contribution is 2.37. The number of carbonyl (C=O) groups is 1. The molecule has 0 aliphatic heterocycles. The van der Waals surface area contributed by atoms with Crippen molar-refractivity contribution in [1.29, 1.82) is 0 Å². The number of fused-ring (bicyclic) bond motifs is 1. The van der Waals surface area contributed by atoms with Gasteiger partial charge in [0.05, 0.1) is 20.8 Å². The minimum absolute atomic E-state index is 0.0281. The lowest BCUT2D eigenvalue weighted by atomic mass is 10.1. The zero-order valence-electron chi connectivity index (χ0n) is 16.2. The molecular formula is C21H20O8. The summed E-state index contributed by atoms with van der Waals surface area (Å²) in [6.07, 6.45) is 0. The van der Waals surface area contributed by atoms with Crippen LogP contribution in [-0.2, 0) is 9.53 Å². The van der Waals surface area contributed by atoms with Gasteiger partial charge in [-0.3, -0.25) is 4.79 Å². The molecule has 0 radical (unpaired) electrons. The number of rotatable bonds is 7. The fraction of sp³-hybridized carbons (Fsp3) is 0.238. The lowest BCUT2D eigenvalue weighted by Crippen LogP contribution is -2.15. The fourth-order valence-electron chi connectivity index (χ4n) is 2.85. The predicted octanol–water partition coefficient (Wildman–Crippen LogP) is 3.12. The third-order valence-corrected chi connectivity index (χ3v) is 4.14. The Kier molecular flexibility index (Phi) is 5.92. The quantitative estimate of drug-likeness (QED) is 0.603. The molecule has 0 saturated heterocycles. The number of hydrogen-bond donors (Lipinski definition) is 1. The summed E-state index contributed by atoms with van der Waals surface area (Å²) >= 11 is 0. The van der Waals surface area contributed by atoms with Gasteiger partial charge in [-0.1, -0.05) is 6.07 Å². The maximum atomic E-state index is 12.8. The first-order chi connectivity index (χ1) is 14.0. The summed E-state index contributed by atoms with van der Waals surface area (Å²) < 4.78 is 26.7. The minimum atomic E-state index is -0.523. The summed E-state index contributed by atoms with van der Waals surface area (Å²) in [4.78, 5) is 24.4. The molecule has 3 rings (SSSR count). The van der Waals surface area contributed by atoms with Gasteiger partial charge in [-0.2, -0.15) is 0 Å². The van der Waals surface area contributed by atoms with Crippen LogP contribution in [-0.4, -0.2) is 38.5 Å². The molecule has 8 nitrogen and oxygen atoms in total. The number of phenolic OH excluding ortho intramolecular Hbond substituents is 1. The molecule has 0 unspecified atom stereocenters. The van der Waals surface area contributed by atoms with E-state index in [1.165, 1.54) is 20.3 Å². The van der Waals surface area contributed by atoms with Crippen LogP contribution in [0.4, 0.5) is 0 Å². The summed E-state index contributed by atoms with van der Waals surface area (Å²) in [7, 11) is 2.80. The van der Waals surface area contributed by atoms with Crippen molar-refractivity contribution in [2.45, 2.75) is 6.92 Å². The third-order valence-electron chi connectivity index (χ3n) is 4.14. The number of methoxy groups -OCH3 is 2. The van der Waals surface area contributed by atoms with Gasteiger partial charge >= 0.3 is 5.97 Å². The SMILES string of the molecule is CCOC(=O)COc1cc(-c2oc3cccc(O)c3c(=O)c2OC)ccc1OC. The van der Waals surface area contributed by atoms with Crippen LogP contribution in [0.1, 0.15) is 6.92 Å². The molecule has 0 aliphatic rings. The van der Waals surface area contributed by atoms with E-state index in [1.807, 2.05) is 0 Å². The summed E-state index contributed by atoms with van der Waals surface area (Å²) in [5.41, 5.74) is 0.158. The summed E-state index contributed by atoms with van der Waals surface area (Å²) in [6, 6.07) is 9.37. The van der Waals surface area contributed by atoms with Crippen LogP contribution in [0.2, 0.25) is 0 Å². The van der Waals surface area contributed by atoms with Crippen LogP contribution in [0.5, 0.6) is 23.0 Å². The Hall–Kier alpha value is -3.68. The van der Waals surface area contributed by atoms with Gasteiger partial charge in [-0.15, -0.1) is 0 Å². The average molecular weight is 400 g/mol. The number of ether oxygens (including phenoxy) is 4. The van der Waals surface area contributed by atoms with Crippen LogP contribution < -0.4 is 19.6 Å². The summed E-state index contributed by atoms with van der Waals surface area (Å²) in [5.74, 6) is 0.0100. The van der Waals surface area contributed by atoms with Crippen LogP contribution in [0.15, 0.2) is 45.6 Å². The largest absolute Gasteiger partial charge is 0.507 e. The Labute approximate surface area is 166 Å². The van der Waals surface area contributed by atoms with E-state index in [2.05, 4.69) is 0 Å². The Morgan fingerprint density at radius 3 is 2.59 bits per heavy atom. The van der Waals surface area contributed by atoms with Crippen LogP contribution >= 0.6 is 0 Å². The van der Waals surface area contributed by atoms with Gasteiger partial charge in [0.15, 0.2) is 23.9 Å². The monoisotopic (exact) mass is 400 g/mol. The second-order valence-electron chi connectivity index (χ2n) is 5.90. The van der Waals surface area contributed by atoms with E-state index in [1.54, 1.807) is 37.3 Å². The number of benzene rings is 2. The predicted molar refractivity (Wildman–Crippen MR) is 105 cm³/mol. The van der Waals surface area contributed by atoms with Crippen molar-refractivity contribution in [3.63, 3.8) is 0 Å². The van der Waals surface area contributed by atoms with E-state index < -0.39 is 11.4 Å². The fourth-order valence-corrected chi connectivity index (χ4v) is 2.85. The number of carbonyl (C=O) groups excluding carboxylic acids is 1. The molecule has 8 heteroatoms. The van der Waals surface area contributed by atoms with Gasteiger partial charge in [-0.25, -0.2) is 4.79 Å². The number of aromatic hydroxyl groups is 1. The van der Waals surface area contributed by atoms with E-state index in [0.717, 1.165) is 0 Å². The first-order valence-corrected chi connectivity index (χ1v) is 8.79. The second-order valence-corrected chi connectivity index (χ2v) is 5.90. The topological polar surface area (TPSA) is 104 Å². The molecule has 0 spiro atoms. The molecule has 0 saturated carbocycles. The number of hydrogen-bond acceptors (Lipinski definition) is 8. The van der Waals surface area contributed by atoms with Crippen LogP contribution in [0, 0.1) is 0 Å². The first kappa shape index (κ1) is 20.1. The van der Waals surface area contributed by atoms with Crippen molar-refractivity contribution in [1.82, 2.24) is 0 Å². The van der Waals surface area contributed by atoms with Gasteiger partial charge in [-0.05, 0) is 37.3 Å². The highest BCUT2D eigenvalue weighted by atomic mass is 16.6. The van der Waals surface area contributed by atoms with Crippen LogP contribution in [0.3, 0.4) is 0 Å². The molecule has 0 fully saturated rings. The molecule has 152 valence electrons. The van der Waals surface area contributed by atoms with Gasteiger partial charge in [0.25, 0.3) is 0 Å². The van der Waals surface area contributed by atoms with E-state index in [4.69, 9.17) is 23.4 Å². The molecule has 2 aromatic carbocycles. The summed E-state index contributed by atoms with van der Waals surface area (Å²) in [5, 5.41) is 10.0. The maximum absolute atomic E-state index is 12.8. The van der Waals surface area contributed by atoms with Crippen molar-refractivity contribution in [3.05, 3.63) is 46.6 Å². The first-order valence-electron chi connectivity index (χ1n) is 8.79. The normalized spacial score (nSPS) is 10.6. The Balaban J connectivity index is 2.10. The van der Waals surface area contributed by atoms with Crippen molar-refractivity contribution < 1.29 is 33.3 Å². The number of esters is 1. The lowest BCUT2D eigenvalue weighted by Gasteiger charge is -2.13. The molecule has 1 N–H and O–H groups in total. The Morgan fingerprint density at radius 1 is 1.10 bits per heavy atom. The lowest BCUT2D eigenvalue weighted by molar-refractivity contribution is -0.145. The molecule has 29 heavy (non-hydrogen) atoms. The van der Waals surface area contributed by atoms with Gasteiger partial charge < -0.3 is 28.5 Å². The average Bonchev–Trinajstić information content (AvgIpc) is 2.72. The highest BCUT2D eigenvalue weighted by Gasteiger charge is 2.20. The molecule has 0 aliphatic carbocycles. The molecule has 3 aromatic rings. The highest BCUT2D eigenvalue weighted by molar-refractivity contribution is 5.87. The van der Waals surface area contributed by atoms with E-state index >= 15 is 0 Å². The van der Waals surface area contributed by atoms with Crippen LogP contribution in [0.25, 0.3) is 22.3 Å². The van der Waals surface area contributed by atoms with Gasteiger partial charge in [0.2, 0.25) is 11.2 Å². The molecule has 1 aromatic heterocycles. The molecular weight excluding hydrogens is 380 g/mol. The standard InChI is InChI=1S/C21H20O8/c1-4-27-17(23)11-28-16-10-12(8-9-14(16)25-2)20-21(26-3)19(24)18-13(22)6-5-7-15(18)29-20/h5-10,22H,4,11H2,1-3H3. The Bertz CT molecular complexity index is 1100.